The highest BCUT2D eigenvalue weighted by atomic mass is 31.2. The van der Waals surface area contributed by atoms with Crippen molar-refractivity contribution in [2.24, 2.45) is 10.8 Å². The number of nitrogens with two attached hydrogens (primary N) is 1. The summed E-state index contributed by atoms with van der Waals surface area (Å²) in [5.74, 6) is -1.11. The van der Waals surface area contributed by atoms with E-state index in [1.165, 1.54) is 29.8 Å². The minimum absolute atomic E-state index is 0.00554. The van der Waals surface area contributed by atoms with Crippen LogP contribution in [0.3, 0.4) is 0 Å². The van der Waals surface area contributed by atoms with Gasteiger partial charge in [0.15, 0.2) is 0 Å². The maximum absolute atomic E-state index is 10.5. The molecule has 0 aromatic heterocycles. The number of carboxylic acid groups (broad SMARTS) is 1. The molecule has 0 fully saturated rings. The number of hydrogen-bond donors (Lipinski definition) is 5. The molecule has 0 radical (unpaired) electrons. The Balaban J connectivity index is 0.000000218. The van der Waals surface area contributed by atoms with Crippen LogP contribution in [-0.2, 0) is 15.8 Å². The molecule has 0 bridgehead atoms. The molecule has 2 aromatic carbocycles. The van der Waals surface area contributed by atoms with Crippen molar-refractivity contribution in [3.63, 3.8) is 0 Å². The summed E-state index contributed by atoms with van der Waals surface area (Å²) in [7, 11) is -4.56. The van der Waals surface area contributed by atoms with Gasteiger partial charge in [-0.3, -0.25) is 20.0 Å². The summed E-state index contributed by atoms with van der Waals surface area (Å²) >= 11 is 0. The third-order valence-electron chi connectivity index (χ3n) is 3.50. The number of fused-ring (bicyclic) bond motifs is 1. The Kier molecular flexibility index (Phi) is 7.48. The fourth-order valence-electron chi connectivity index (χ4n) is 2.21. The molecule has 0 spiro atoms. The molecule has 0 unspecified atom stereocenters. The van der Waals surface area contributed by atoms with E-state index in [1.54, 1.807) is 6.21 Å². The molecular weight excluding hydrogens is 385 g/mol. The molecule has 0 aliphatic carbocycles. The number of allylic oxidation sites excluding steroid dienone is 1. The van der Waals surface area contributed by atoms with E-state index in [2.05, 4.69) is 15.1 Å². The highest BCUT2D eigenvalue weighted by Gasteiger charge is 2.16. The number of aliphatic carboxylic acids is 1. The van der Waals surface area contributed by atoms with Crippen LogP contribution in [-0.4, -0.2) is 33.1 Å². The molecule has 3 rings (SSSR count). The highest BCUT2D eigenvalue weighted by Crippen LogP contribution is 2.37. The molecule has 1 heterocycles. The number of para-hydroxylation sites is 1. The monoisotopic (exact) mass is 405 g/mol. The first-order valence-electron chi connectivity index (χ1n) is 8.12. The highest BCUT2D eigenvalue weighted by molar-refractivity contribution is 7.46. The van der Waals surface area contributed by atoms with E-state index in [0.717, 1.165) is 5.69 Å². The molecule has 0 amide bonds. The standard InChI is InChI=1S/C9H8N2.C9H12NO6P/c1-2-6-9-8(4-1)5-3-7-10-11-9;10-8(9(11)12)5-6-1-3-7(4-2-6)16-17(13,14)15/h1-7,11H;1-4,8H,5,10H2,(H,11,12)(H2,13,14,15)/t;8-/m.0/s1. The number of phosphoric ester groups is 1. The molecule has 1 atom stereocenters. The van der Waals surface area contributed by atoms with Crippen molar-refractivity contribution < 1.29 is 28.8 Å². The van der Waals surface area contributed by atoms with Crippen LogP contribution in [0, 0.1) is 0 Å². The lowest BCUT2D eigenvalue weighted by Crippen LogP contribution is -2.32. The zero-order chi connectivity index (χ0) is 20.6. The summed E-state index contributed by atoms with van der Waals surface area (Å²) in [6, 6.07) is 12.7. The fourth-order valence-corrected chi connectivity index (χ4v) is 2.60. The molecule has 28 heavy (non-hydrogen) atoms. The van der Waals surface area contributed by atoms with E-state index in [-0.39, 0.29) is 12.2 Å². The Bertz CT molecular complexity index is 908. The van der Waals surface area contributed by atoms with E-state index < -0.39 is 19.8 Å². The molecule has 148 valence electrons. The first kappa shape index (κ1) is 21.3. The zero-order valence-electron chi connectivity index (χ0n) is 14.7. The number of nitrogens with one attached hydrogen (secondary N) is 1. The Morgan fingerprint density at radius 1 is 1.18 bits per heavy atom. The van der Waals surface area contributed by atoms with Crippen LogP contribution < -0.4 is 15.7 Å². The van der Waals surface area contributed by atoms with Crippen molar-refractivity contribution in [2.45, 2.75) is 12.5 Å². The van der Waals surface area contributed by atoms with Crippen molar-refractivity contribution in [3.05, 3.63) is 65.7 Å². The lowest BCUT2D eigenvalue weighted by Gasteiger charge is -2.09. The van der Waals surface area contributed by atoms with E-state index >= 15 is 0 Å². The lowest BCUT2D eigenvalue weighted by molar-refractivity contribution is -0.138. The number of benzene rings is 2. The first-order chi connectivity index (χ1) is 13.2. The summed E-state index contributed by atoms with van der Waals surface area (Å²) in [4.78, 5) is 27.6. The van der Waals surface area contributed by atoms with Crippen LogP contribution >= 0.6 is 7.82 Å². The Labute approximate surface area is 161 Å². The third kappa shape index (κ3) is 7.34. The number of carboxylic acids is 1. The second-order valence-electron chi connectivity index (χ2n) is 5.71. The van der Waals surface area contributed by atoms with Crippen LogP contribution in [0.25, 0.3) is 6.08 Å². The van der Waals surface area contributed by atoms with Crippen LogP contribution in [0.5, 0.6) is 5.75 Å². The minimum Gasteiger partial charge on any atom is -0.480 e. The number of hydrogen-bond acceptors (Lipinski definition) is 6. The van der Waals surface area contributed by atoms with E-state index in [9.17, 15) is 9.36 Å². The van der Waals surface area contributed by atoms with E-state index in [1.807, 2.05) is 36.4 Å². The predicted molar refractivity (Wildman–Crippen MR) is 106 cm³/mol. The topological polar surface area (TPSA) is 154 Å². The summed E-state index contributed by atoms with van der Waals surface area (Å²) in [5, 5.41) is 12.5. The minimum atomic E-state index is -4.56. The van der Waals surface area contributed by atoms with Gasteiger partial charge in [-0.1, -0.05) is 36.4 Å². The van der Waals surface area contributed by atoms with Crippen LogP contribution in [0.15, 0.2) is 59.7 Å². The zero-order valence-corrected chi connectivity index (χ0v) is 15.6. The maximum Gasteiger partial charge on any atom is 0.524 e. The van der Waals surface area contributed by atoms with Gasteiger partial charge >= 0.3 is 13.8 Å². The van der Waals surface area contributed by atoms with Gasteiger partial charge in [0.2, 0.25) is 0 Å². The van der Waals surface area contributed by atoms with Crippen molar-refractivity contribution in [1.29, 1.82) is 0 Å². The number of hydrazone groups is 1. The molecule has 10 heteroatoms. The number of rotatable bonds is 5. The van der Waals surface area contributed by atoms with Gasteiger partial charge in [0.1, 0.15) is 11.8 Å². The van der Waals surface area contributed by atoms with Gasteiger partial charge in [0, 0.05) is 6.21 Å². The van der Waals surface area contributed by atoms with Gasteiger partial charge in [-0.2, -0.15) is 5.10 Å². The fraction of sp³-hybridized carbons (Fsp3) is 0.111. The van der Waals surface area contributed by atoms with E-state index in [4.69, 9.17) is 20.6 Å². The van der Waals surface area contributed by atoms with Crippen molar-refractivity contribution >= 4 is 31.8 Å². The average Bonchev–Trinajstić information content (AvgIpc) is 2.88. The maximum atomic E-state index is 10.5. The molecule has 1 aliphatic rings. The van der Waals surface area contributed by atoms with E-state index in [0.29, 0.717) is 5.56 Å². The summed E-state index contributed by atoms with van der Waals surface area (Å²) < 4.78 is 14.9. The predicted octanol–water partition coefficient (Wildman–Crippen LogP) is 2.22. The smallest absolute Gasteiger partial charge is 0.480 e. The van der Waals surface area contributed by atoms with Crippen LogP contribution in [0.2, 0.25) is 0 Å². The quantitative estimate of drug-likeness (QED) is 0.474. The Morgan fingerprint density at radius 3 is 2.50 bits per heavy atom. The van der Waals surface area contributed by atoms with Gasteiger partial charge < -0.3 is 15.4 Å². The SMILES string of the molecule is C1=Cc2ccccc2NN=C1.N[C@@H](Cc1ccc(OP(=O)(O)O)cc1)C(=O)O. The largest absolute Gasteiger partial charge is 0.524 e. The number of phosphoric acid groups is 1. The molecule has 1 aliphatic heterocycles. The number of nitrogens with zero attached hydrogens (tertiary/aromatic N) is 1. The van der Waals surface area contributed by atoms with Crippen molar-refractivity contribution in [1.82, 2.24) is 0 Å². The molecule has 9 nitrogen and oxygen atoms in total. The van der Waals surface area contributed by atoms with Gasteiger partial charge in [-0.25, -0.2) is 4.57 Å². The van der Waals surface area contributed by atoms with Crippen LogP contribution in [0.1, 0.15) is 11.1 Å². The number of carbonyl (C=O) groups is 1. The van der Waals surface area contributed by atoms with Gasteiger partial charge in [-0.05, 0) is 41.8 Å². The average molecular weight is 405 g/mol. The molecule has 0 saturated heterocycles. The summed E-state index contributed by atoms with van der Waals surface area (Å²) in [5.41, 5.74) is 11.1. The molecule has 6 N–H and O–H groups in total. The lowest BCUT2D eigenvalue weighted by atomic mass is 10.1. The normalized spacial score (nSPS) is 13.2. The van der Waals surface area contributed by atoms with Crippen molar-refractivity contribution in [3.8, 4) is 5.75 Å². The first-order valence-corrected chi connectivity index (χ1v) is 9.65. The van der Waals surface area contributed by atoms with Gasteiger partial charge in [0.05, 0.1) is 5.69 Å². The Hall–Kier alpha value is -2.97. The number of anilines is 1. The molecular formula is C18H20N3O6P. The molecule has 2 aromatic rings. The second-order valence-corrected chi connectivity index (χ2v) is 6.87. The Morgan fingerprint density at radius 2 is 1.86 bits per heavy atom. The third-order valence-corrected chi connectivity index (χ3v) is 3.95. The summed E-state index contributed by atoms with van der Waals surface area (Å²) in [6.07, 6.45) is 5.81. The van der Waals surface area contributed by atoms with Gasteiger partial charge in [-0.15, -0.1) is 0 Å². The van der Waals surface area contributed by atoms with Crippen molar-refractivity contribution in [2.75, 3.05) is 5.43 Å². The molecule has 0 saturated carbocycles. The summed E-state index contributed by atoms with van der Waals surface area (Å²) in [6.45, 7) is 0. The second kappa shape index (κ2) is 9.82. The van der Waals surface area contributed by atoms with Crippen LogP contribution in [0.4, 0.5) is 5.69 Å². The van der Waals surface area contributed by atoms with Gasteiger partial charge in [0.25, 0.3) is 0 Å².